The molecule has 0 aromatic heterocycles. The van der Waals surface area contributed by atoms with Crippen LogP contribution in [0.5, 0.6) is 5.75 Å². The summed E-state index contributed by atoms with van der Waals surface area (Å²) >= 11 is 0. The SMILES string of the molecule is CC(Oc1cccc(F)c1)C(=O)N(C)C. The summed E-state index contributed by atoms with van der Waals surface area (Å²) in [5, 5.41) is 0. The van der Waals surface area contributed by atoms with Crippen LogP contribution in [-0.2, 0) is 4.79 Å². The fraction of sp³-hybridized carbons (Fsp3) is 0.364. The molecule has 82 valence electrons. The van der Waals surface area contributed by atoms with Gasteiger partial charge < -0.3 is 9.64 Å². The summed E-state index contributed by atoms with van der Waals surface area (Å²) in [6.07, 6.45) is -0.609. The van der Waals surface area contributed by atoms with Crippen LogP contribution < -0.4 is 4.74 Å². The standard InChI is InChI=1S/C11H14FNO2/c1-8(11(14)13(2)3)15-10-6-4-5-9(12)7-10/h4-8H,1-3H3. The molecule has 1 aromatic carbocycles. The second kappa shape index (κ2) is 4.77. The second-order valence-electron chi connectivity index (χ2n) is 3.45. The fourth-order valence-electron chi connectivity index (χ4n) is 1.16. The van der Waals surface area contributed by atoms with Crippen molar-refractivity contribution < 1.29 is 13.9 Å². The lowest BCUT2D eigenvalue weighted by atomic mass is 10.3. The molecule has 0 fully saturated rings. The summed E-state index contributed by atoms with van der Waals surface area (Å²) in [4.78, 5) is 12.9. The maximum absolute atomic E-state index is 12.8. The lowest BCUT2D eigenvalue weighted by Gasteiger charge is -2.18. The van der Waals surface area contributed by atoms with E-state index in [0.29, 0.717) is 5.75 Å². The number of likely N-dealkylation sites (N-methyl/N-ethyl adjacent to an activating group) is 1. The van der Waals surface area contributed by atoms with Crippen molar-refractivity contribution in [2.75, 3.05) is 14.1 Å². The maximum atomic E-state index is 12.8. The van der Waals surface area contributed by atoms with Gasteiger partial charge in [-0.1, -0.05) is 6.07 Å². The molecule has 3 nitrogen and oxygen atoms in total. The van der Waals surface area contributed by atoms with Crippen LogP contribution in [0.2, 0.25) is 0 Å². The maximum Gasteiger partial charge on any atom is 0.262 e. The Kier molecular flexibility index (Phi) is 3.66. The van der Waals surface area contributed by atoms with E-state index >= 15 is 0 Å². The van der Waals surface area contributed by atoms with Crippen molar-refractivity contribution >= 4 is 5.91 Å². The largest absolute Gasteiger partial charge is 0.481 e. The normalized spacial score (nSPS) is 12.0. The molecule has 0 heterocycles. The Labute approximate surface area is 88.5 Å². The molecule has 0 saturated heterocycles. The second-order valence-corrected chi connectivity index (χ2v) is 3.45. The van der Waals surface area contributed by atoms with Crippen LogP contribution in [0.15, 0.2) is 24.3 Å². The number of hydrogen-bond acceptors (Lipinski definition) is 2. The molecular weight excluding hydrogens is 197 g/mol. The van der Waals surface area contributed by atoms with E-state index in [4.69, 9.17) is 4.74 Å². The van der Waals surface area contributed by atoms with Crippen LogP contribution in [0.4, 0.5) is 4.39 Å². The molecule has 0 aliphatic heterocycles. The van der Waals surface area contributed by atoms with Gasteiger partial charge in [0.1, 0.15) is 11.6 Å². The first-order chi connectivity index (χ1) is 7.00. The zero-order chi connectivity index (χ0) is 11.4. The Bertz CT molecular complexity index is 352. The molecule has 0 N–H and O–H groups in total. The fourth-order valence-corrected chi connectivity index (χ4v) is 1.16. The summed E-state index contributed by atoms with van der Waals surface area (Å²) in [6.45, 7) is 1.63. The average Bonchev–Trinajstić information content (AvgIpc) is 2.16. The van der Waals surface area contributed by atoms with Crippen molar-refractivity contribution in [2.45, 2.75) is 13.0 Å². The highest BCUT2D eigenvalue weighted by atomic mass is 19.1. The van der Waals surface area contributed by atoms with Crippen LogP contribution >= 0.6 is 0 Å². The number of halogens is 1. The van der Waals surface area contributed by atoms with Gasteiger partial charge in [0.15, 0.2) is 6.10 Å². The molecule has 0 saturated carbocycles. The van der Waals surface area contributed by atoms with Gasteiger partial charge in [-0.3, -0.25) is 4.79 Å². The molecule has 1 rings (SSSR count). The van der Waals surface area contributed by atoms with Gasteiger partial charge >= 0.3 is 0 Å². The molecule has 1 atom stereocenters. The lowest BCUT2D eigenvalue weighted by Crippen LogP contribution is -2.35. The van der Waals surface area contributed by atoms with E-state index in [0.717, 1.165) is 0 Å². The highest BCUT2D eigenvalue weighted by Crippen LogP contribution is 2.14. The number of hydrogen-bond donors (Lipinski definition) is 0. The van der Waals surface area contributed by atoms with Gasteiger partial charge in [0, 0.05) is 20.2 Å². The van der Waals surface area contributed by atoms with Crippen LogP contribution in [0, 0.1) is 5.82 Å². The monoisotopic (exact) mass is 211 g/mol. The summed E-state index contributed by atoms with van der Waals surface area (Å²) in [6, 6.07) is 5.73. The van der Waals surface area contributed by atoms with Crippen LogP contribution in [0.3, 0.4) is 0 Å². The molecule has 0 radical (unpaired) electrons. The third-order valence-corrected chi connectivity index (χ3v) is 1.90. The van der Waals surface area contributed by atoms with Gasteiger partial charge in [-0.25, -0.2) is 4.39 Å². The van der Waals surface area contributed by atoms with Gasteiger partial charge in [-0.15, -0.1) is 0 Å². The van der Waals surface area contributed by atoms with E-state index in [-0.39, 0.29) is 11.7 Å². The molecule has 1 unspecified atom stereocenters. The third-order valence-electron chi connectivity index (χ3n) is 1.90. The van der Waals surface area contributed by atoms with E-state index in [9.17, 15) is 9.18 Å². The molecule has 4 heteroatoms. The van der Waals surface area contributed by atoms with E-state index in [1.807, 2.05) is 0 Å². The van der Waals surface area contributed by atoms with Crippen molar-refractivity contribution in [3.8, 4) is 5.75 Å². The number of nitrogens with zero attached hydrogens (tertiary/aromatic N) is 1. The van der Waals surface area contributed by atoms with E-state index in [2.05, 4.69) is 0 Å². The number of ether oxygens (including phenoxy) is 1. The van der Waals surface area contributed by atoms with Gasteiger partial charge in [0.2, 0.25) is 0 Å². The predicted molar refractivity (Wildman–Crippen MR) is 55.2 cm³/mol. The zero-order valence-corrected chi connectivity index (χ0v) is 9.03. The first-order valence-electron chi connectivity index (χ1n) is 4.64. The first kappa shape index (κ1) is 11.5. The number of benzene rings is 1. The Balaban J connectivity index is 2.66. The molecule has 0 spiro atoms. The Hall–Kier alpha value is -1.58. The lowest BCUT2D eigenvalue weighted by molar-refractivity contribution is -0.135. The Morgan fingerprint density at radius 1 is 1.47 bits per heavy atom. The summed E-state index contributed by atoms with van der Waals surface area (Å²) in [5.41, 5.74) is 0. The minimum Gasteiger partial charge on any atom is -0.481 e. The smallest absolute Gasteiger partial charge is 0.262 e. The van der Waals surface area contributed by atoms with Crippen molar-refractivity contribution in [1.29, 1.82) is 0 Å². The molecule has 0 aliphatic rings. The molecular formula is C11H14FNO2. The number of amides is 1. The van der Waals surface area contributed by atoms with E-state index < -0.39 is 6.10 Å². The summed E-state index contributed by atoms with van der Waals surface area (Å²) in [7, 11) is 3.29. The Morgan fingerprint density at radius 2 is 2.13 bits per heavy atom. The van der Waals surface area contributed by atoms with Gasteiger partial charge in [0.05, 0.1) is 0 Å². The summed E-state index contributed by atoms with van der Waals surface area (Å²) in [5.74, 6) is -0.172. The molecule has 1 aromatic rings. The van der Waals surface area contributed by atoms with Crippen LogP contribution in [0.25, 0.3) is 0 Å². The Morgan fingerprint density at radius 3 is 2.67 bits per heavy atom. The minimum atomic E-state index is -0.609. The highest BCUT2D eigenvalue weighted by molar-refractivity contribution is 5.80. The van der Waals surface area contributed by atoms with Gasteiger partial charge in [-0.2, -0.15) is 0 Å². The molecule has 0 aliphatic carbocycles. The first-order valence-corrected chi connectivity index (χ1v) is 4.64. The minimum absolute atomic E-state index is 0.153. The van der Waals surface area contributed by atoms with E-state index in [1.165, 1.54) is 23.1 Å². The predicted octanol–water partition coefficient (Wildman–Crippen LogP) is 1.68. The van der Waals surface area contributed by atoms with Crippen molar-refractivity contribution in [3.63, 3.8) is 0 Å². The summed E-state index contributed by atoms with van der Waals surface area (Å²) < 4.78 is 18.1. The molecule has 15 heavy (non-hydrogen) atoms. The number of carbonyl (C=O) groups excluding carboxylic acids is 1. The molecule has 1 amide bonds. The van der Waals surface area contributed by atoms with E-state index in [1.54, 1.807) is 27.1 Å². The van der Waals surface area contributed by atoms with Crippen molar-refractivity contribution in [3.05, 3.63) is 30.1 Å². The topological polar surface area (TPSA) is 29.5 Å². The van der Waals surface area contributed by atoms with Gasteiger partial charge in [-0.05, 0) is 19.1 Å². The van der Waals surface area contributed by atoms with Crippen molar-refractivity contribution in [1.82, 2.24) is 4.90 Å². The zero-order valence-electron chi connectivity index (χ0n) is 9.03. The number of carbonyl (C=O) groups is 1. The van der Waals surface area contributed by atoms with Crippen LogP contribution in [-0.4, -0.2) is 31.0 Å². The van der Waals surface area contributed by atoms with Crippen molar-refractivity contribution in [2.24, 2.45) is 0 Å². The quantitative estimate of drug-likeness (QED) is 0.761. The van der Waals surface area contributed by atoms with Gasteiger partial charge in [0.25, 0.3) is 5.91 Å². The average molecular weight is 211 g/mol. The third kappa shape index (κ3) is 3.23. The highest BCUT2D eigenvalue weighted by Gasteiger charge is 2.16. The molecule has 0 bridgehead atoms. The number of rotatable bonds is 3. The van der Waals surface area contributed by atoms with Crippen LogP contribution in [0.1, 0.15) is 6.92 Å².